The SMILES string of the molecule is COc1cccc(C(=O)N2c3ccc(C)cc3[C@@](C)(c3ccccc3)CC2(C)C)c1. The van der Waals surface area contributed by atoms with E-state index in [-0.39, 0.29) is 16.9 Å². The van der Waals surface area contributed by atoms with E-state index >= 15 is 0 Å². The van der Waals surface area contributed by atoms with E-state index in [1.54, 1.807) is 7.11 Å². The molecule has 1 heterocycles. The van der Waals surface area contributed by atoms with Gasteiger partial charge in [0.25, 0.3) is 5.91 Å². The van der Waals surface area contributed by atoms with Gasteiger partial charge in [-0.15, -0.1) is 0 Å². The van der Waals surface area contributed by atoms with E-state index in [0.717, 1.165) is 12.1 Å². The molecule has 0 radical (unpaired) electrons. The first-order chi connectivity index (χ1) is 14.3. The predicted octanol–water partition coefficient (Wildman–Crippen LogP) is 6.14. The Morgan fingerprint density at radius 1 is 0.933 bits per heavy atom. The van der Waals surface area contributed by atoms with Crippen molar-refractivity contribution < 1.29 is 9.53 Å². The fraction of sp³-hybridized carbons (Fsp3) is 0.296. The lowest BCUT2D eigenvalue weighted by atomic mass is 9.65. The number of benzene rings is 3. The van der Waals surface area contributed by atoms with E-state index in [2.05, 4.69) is 76.2 Å². The molecule has 1 aliphatic rings. The highest BCUT2D eigenvalue weighted by Gasteiger charge is 2.47. The first-order valence-corrected chi connectivity index (χ1v) is 10.4. The summed E-state index contributed by atoms with van der Waals surface area (Å²) in [6.45, 7) is 8.74. The van der Waals surface area contributed by atoms with Crippen molar-refractivity contribution in [1.82, 2.24) is 0 Å². The van der Waals surface area contributed by atoms with Gasteiger partial charge in [0.1, 0.15) is 5.75 Å². The molecule has 3 aromatic rings. The summed E-state index contributed by atoms with van der Waals surface area (Å²) in [5, 5.41) is 0. The second-order valence-corrected chi connectivity index (χ2v) is 9.08. The number of anilines is 1. The Kier molecular flexibility index (Phi) is 4.93. The van der Waals surface area contributed by atoms with Crippen LogP contribution in [0.1, 0.15) is 54.2 Å². The summed E-state index contributed by atoms with van der Waals surface area (Å²) in [5.41, 5.74) is 4.74. The number of carbonyl (C=O) groups excluding carboxylic acids is 1. The summed E-state index contributed by atoms with van der Waals surface area (Å²) in [6, 6.07) is 24.5. The highest BCUT2D eigenvalue weighted by atomic mass is 16.5. The van der Waals surface area contributed by atoms with Gasteiger partial charge < -0.3 is 9.64 Å². The third-order valence-electron chi connectivity index (χ3n) is 6.31. The summed E-state index contributed by atoms with van der Waals surface area (Å²) in [7, 11) is 1.62. The van der Waals surface area contributed by atoms with Gasteiger partial charge >= 0.3 is 0 Å². The second-order valence-electron chi connectivity index (χ2n) is 9.08. The number of hydrogen-bond acceptors (Lipinski definition) is 2. The van der Waals surface area contributed by atoms with Crippen molar-refractivity contribution in [2.45, 2.75) is 45.1 Å². The summed E-state index contributed by atoms with van der Waals surface area (Å²) in [5.74, 6) is 0.688. The molecule has 1 atom stereocenters. The topological polar surface area (TPSA) is 29.5 Å². The quantitative estimate of drug-likeness (QED) is 0.529. The van der Waals surface area contributed by atoms with Crippen molar-refractivity contribution in [2.24, 2.45) is 0 Å². The molecular weight excluding hydrogens is 370 g/mol. The van der Waals surface area contributed by atoms with Gasteiger partial charge in [-0.25, -0.2) is 0 Å². The molecule has 30 heavy (non-hydrogen) atoms. The second kappa shape index (κ2) is 7.32. The Morgan fingerprint density at radius 2 is 1.67 bits per heavy atom. The molecule has 3 nitrogen and oxygen atoms in total. The molecule has 0 aliphatic carbocycles. The minimum absolute atomic E-state index is 0.000820. The van der Waals surface area contributed by atoms with Crippen LogP contribution in [-0.2, 0) is 5.41 Å². The number of ether oxygens (including phenoxy) is 1. The minimum Gasteiger partial charge on any atom is -0.497 e. The van der Waals surface area contributed by atoms with Gasteiger partial charge in [0.2, 0.25) is 0 Å². The fourth-order valence-corrected chi connectivity index (χ4v) is 4.99. The van der Waals surface area contributed by atoms with Crippen molar-refractivity contribution in [3.8, 4) is 5.75 Å². The lowest BCUT2D eigenvalue weighted by molar-refractivity contribution is 0.0948. The van der Waals surface area contributed by atoms with Crippen LogP contribution in [-0.4, -0.2) is 18.6 Å². The number of amides is 1. The first-order valence-electron chi connectivity index (χ1n) is 10.4. The molecule has 0 saturated carbocycles. The van der Waals surface area contributed by atoms with Crippen LogP contribution in [0.2, 0.25) is 0 Å². The van der Waals surface area contributed by atoms with Gasteiger partial charge in [0.15, 0.2) is 0 Å². The Balaban J connectivity index is 1.90. The van der Waals surface area contributed by atoms with Crippen LogP contribution in [0.25, 0.3) is 0 Å². The van der Waals surface area contributed by atoms with Crippen LogP contribution >= 0.6 is 0 Å². The molecule has 0 spiro atoms. The lowest BCUT2D eigenvalue weighted by Crippen LogP contribution is -2.55. The van der Waals surface area contributed by atoms with E-state index < -0.39 is 0 Å². The summed E-state index contributed by atoms with van der Waals surface area (Å²) >= 11 is 0. The third kappa shape index (κ3) is 3.28. The van der Waals surface area contributed by atoms with Crippen LogP contribution in [0.15, 0.2) is 72.8 Å². The zero-order valence-electron chi connectivity index (χ0n) is 18.4. The van der Waals surface area contributed by atoms with Crippen molar-refractivity contribution in [1.29, 1.82) is 0 Å². The number of rotatable bonds is 3. The Bertz CT molecular complexity index is 1090. The Morgan fingerprint density at radius 3 is 2.37 bits per heavy atom. The fourth-order valence-electron chi connectivity index (χ4n) is 4.99. The molecule has 0 unspecified atom stereocenters. The van der Waals surface area contributed by atoms with Crippen LogP contribution in [0.4, 0.5) is 5.69 Å². The number of fused-ring (bicyclic) bond motifs is 1. The zero-order valence-corrected chi connectivity index (χ0v) is 18.4. The smallest absolute Gasteiger partial charge is 0.258 e. The zero-order chi connectivity index (χ0) is 21.5. The number of nitrogens with zero attached hydrogens (tertiary/aromatic N) is 1. The molecule has 0 saturated heterocycles. The first kappa shape index (κ1) is 20.2. The van der Waals surface area contributed by atoms with E-state index in [1.807, 2.05) is 29.2 Å². The molecule has 3 heteroatoms. The molecule has 0 fully saturated rings. The summed E-state index contributed by atoms with van der Waals surface area (Å²) in [6.07, 6.45) is 0.830. The maximum atomic E-state index is 13.7. The monoisotopic (exact) mass is 399 g/mol. The van der Waals surface area contributed by atoms with Crippen molar-refractivity contribution in [3.63, 3.8) is 0 Å². The van der Waals surface area contributed by atoms with E-state index in [9.17, 15) is 4.79 Å². The molecule has 0 aromatic heterocycles. The number of carbonyl (C=O) groups is 1. The van der Waals surface area contributed by atoms with Crippen LogP contribution in [0.5, 0.6) is 5.75 Å². The number of methoxy groups -OCH3 is 1. The molecule has 154 valence electrons. The third-order valence-corrected chi connectivity index (χ3v) is 6.31. The summed E-state index contributed by atoms with van der Waals surface area (Å²) < 4.78 is 5.35. The van der Waals surface area contributed by atoms with Crippen molar-refractivity contribution in [2.75, 3.05) is 12.0 Å². The average Bonchev–Trinajstić information content (AvgIpc) is 2.74. The minimum atomic E-state index is -0.368. The van der Waals surface area contributed by atoms with Crippen LogP contribution < -0.4 is 9.64 Å². The maximum absolute atomic E-state index is 13.7. The van der Waals surface area contributed by atoms with Gasteiger partial charge in [0.05, 0.1) is 7.11 Å². The van der Waals surface area contributed by atoms with Gasteiger partial charge in [-0.3, -0.25) is 4.79 Å². The molecule has 3 aromatic carbocycles. The van der Waals surface area contributed by atoms with Gasteiger partial charge in [-0.1, -0.05) is 61.0 Å². The Labute approximate surface area is 179 Å². The Hall–Kier alpha value is -3.07. The van der Waals surface area contributed by atoms with Gasteiger partial charge in [-0.2, -0.15) is 0 Å². The largest absolute Gasteiger partial charge is 0.497 e. The number of aryl methyl sites for hydroxylation is 1. The summed E-state index contributed by atoms with van der Waals surface area (Å²) in [4.78, 5) is 15.7. The molecule has 0 bridgehead atoms. The normalized spacial score (nSPS) is 19.8. The van der Waals surface area contributed by atoms with Crippen molar-refractivity contribution >= 4 is 11.6 Å². The lowest BCUT2D eigenvalue weighted by Gasteiger charge is -2.51. The highest BCUT2D eigenvalue weighted by Crippen LogP contribution is 2.51. The molecule has 0 N–H and O–H groups in total. The van der Waals surface area contributed by atoms with Crippen LogP contribution in [0, 0.1) is 6.92 Å². The average molecular weight is 400 g/mol. The molecule has 4 rings (SSSR count). The molecule has 1 aliphatic heterocycles. The van der Waals surface area contributed by atoms with E-state index in [0.29, 0.717) is 11.3 Å². The van der Waals surface area contributed by atoms with Gasteiger partial charge in [-0.05, 0) is 62.6 Å². The molecular formula is C27H29NO2. The maximum Gasteiger partial charge on any atom is 0.258 e. The predicted molar refractivity (Wildman–Crippen MR) is 123 cm³/mol. The van der Waals surface area contributed by atoms with Crippen LogP contribution in [0.3, 0.4) is 0 Å². The molecule has 1 amide bonds. The standard InChI is InChI=1S/C27H29NO2/c1-19-14-15-24-23(16-19)27(4,21-11-7-6-8-12-21)18-26(2,3)28(24)25(29)20-10-9-13-22(17-20)30-5/h6-17H,18H2,1-5H3/t27-/m1/s1. The van der Waals surface area contributed by atoms with Gasteiger partial charge in [0, 0.05) is 22.2 Å². The van der Waals surface area contributed by atoms with E-state index in [4.69, 9.17) is 4.74 Å². The highest BCUT2D eigenvalue weighted by molar-refractivity contribution is 6.08. The van der Waals surface area contributed by atoms with Crippen molar-refractivity contribution in [3.05, 3.63) is 95.1 Å². The van der Waals surface area contributed by atoms with E-state index in [1.165, 1.54) is 16.7 Å². The number of hydrogen-bond donors (Lipinski definition) is 0.